The molecule has 0 saturated carbocycles. The third-order valence-corrected chi connectivity index (χ3v) is 3.85. The van der Waals surface area contributed by atoms with Crippen LogP contribution in [0.5, 0.6) is 0 Å². The number of hydrogen-bond acceptors (Lipinski definition) is 5. The van der Waals surface area contributed by atoms with E-state index in [0.717, 1.165) is 6.07 Å². The standard InChI is InChI=1S/C19H24FN3O5/c1-5-23-10-12(17(25)26)16(24)11-8-13(20)14(9-15(11)23)21-6-7-22-18(27)28-19(2,3)4/h8-10,21H,5-7H2,1-4H3,(H,22,27)(H,25,26). The van der Waals surface area contributed by atoms with Gasteiger partial charge in [0.05, 0.1) is 11.2 Å². The molecule has 0 spiro atoms. The Morgan fingerprint density at radius 2 is 1.93 bits per heavy atom. The van der Waals surface area contributed by atoms with E-state index in [1.807, 2.05) is 0 Å². The van der Waals surface area contributed by atoms with Crippen molar-refractivity contribution in [3.05, 3.63) is 39.9 Å². The van der Waals surface area contributed by atoms with Crippen molar-refractivity contribution in [1.82, 2.24) is 9.88 Å². The van der Waals surface area contributed by atoms with Crippen LogP contribution in [0.2, 0.25) is 0 Å². The molecule has 152 valence electrons. The zero-order valence-corrected chi connectivity index (χ0v) is 16.3. The van der Waals surface area contributed by atoms with Crippen LogP contribution in [-0.4, -0.2) is 40.4 Å². The topological polar surface area (TPSA) is 110 Å². The molecule has 0 unspecified atom stereocenters. The minimum Gasteiger partial charge on any atom is -0.477 e. The number of nitrogens with zero attached hydrogens (tertiary/aromatic N) is 1. The highest BCUT2D eigenvalue weighted by Crippen LogP contribution is 2.22. The number of aryl methyl sites for hydroxylation is 1. The van der Waals surface area contributed by atoms with Crippen molar-refractivity contribution >= 4 is 28.7 Å². The Kier molecular flexibility index (Phi) is 6.27. The number of nitrogens with one attached hydrogen (secondary N) is 2. The van der Waals surface area contributed by atoms with Gasteiger partial charge in [-0.2, -0.15) is 0 Å². The van der Waals surface area contributed by atoms with Gasteiger partial charge in [-0.15, -0.1) is 0 Å². The molecule has 0 bridgehead atoms. The Morgan fingerprint density at radius 1 is 1.25 bits per heavy atom. The number of hydrogen-bond donors (Lipinski definition) is 3. The van der Waals surface area contributed by atoms with Crippen molar-refractivity contribution < 1.29 is 23.8 Å². The van der Waals surface area contributed by atoms with Gasteiger partial charge in [-0.1, -0.05) is 0 Å². The predicted molar refractivity (Wildman–Crippen MR) is 104 cm³/mol. The molecule has 0 aliphatic heterocycles. The highest BCUT2D eigenvalue weighted by atomic mass is 19.1. The van der Waals surface area contributed by atoms with Crippen LogP contribution in [0.1, 0.15) is 38.1 Å². The van der Waals surface area contributed by atoms with Crippen LogP contribution in [0.15, 0.2) is 23.1 Å². The number of aromatic carboxylic acids is 1. The number of carbonyl (C=O) groups excluding carboxylic acids is 1. The predicted octanol–water partition coefficient (Wildman–Crippen LogP) is 2.80. The molecule has 3 N–H and O–H groups in total. The van der Waals surface area contributed by atoms with Crippen molar-refractivity contribution in [3.8, 4) is 0 Å². The number of halogens is 1. The maximum absolute atomic E-state index is 14.4. The van der Waals surface area contributed by atoms with Gasteiger partial charge in [0.15, 0.2) is 0 Å². The largest absolute Gasteiger partial charge is 0.477 e. The third-order valence-electron chi connectivity index (χ3n) is 3.85. The van der Waals surface area contributed by atoms with E-state index in [2.05, 4.69) is 10.6 Å². The number of aromatic nitrogens is 1. The minimum atomic E-state index is -1.36. The first-order valence-corrected chi connectivity index (χ1v) is 8.84. The van der Waals surface area contributed by atoms with E-state index in [0.29, 0.717) is 12.1 Å². The second-order valence-electron chi connectivity index (χ2n) is 7.17. The molecule has 1 amide bonds. The number of fused-ring (bicyclic) bond motifs is 1. The zero-order valence-electron chi connectivity index (χ0n) is 16.3. The molecule has 8 nitrogen and oxygen atoms in total. The first-order valence-electron chi connectivity index (χ1n) is 8.84. The second kappa shape index (κ2) is 8.28. The molecule has 1 heterocycles. The lowest BCUT2D eigenvalue weighted by Crippen LogP contribution is -2.35. The second-order valence-corrected chi connectivity index (χ2v) is 7.17. The Morgan fingerprint density at radius 3 is 2.50 bits per heavy atom. The summed E-state index contributed by atoms with van der Waals surface area (Å²) >= 11 is 0. The molecular formula is C19H24FN3O5. The zero-order chi connectivity index (χ0) is 21.1. The smallest absolute Gasteiger partial charge is 0.407 e. The Balaban J connectivity index is 2.19. The van der Waals surface area contributed by atoms with E-state index >= 15 is 0 Å². The summed E-state index contributed by atoms with van der Waals surface area (Å²) in [4.78, 5) is 35.1. The monoisotopic (exact) mass is 393 g/mol. The fourth-order valence-electron chi connectivity index (χ4n) is 2.64. The highest BCUT2D eigenvalue weighted by molar-refractivity contribution is 5.93. The maximum Gasteiger partial charge on any atom is 0.407 e. The molecule has 0 aliphatic rings. The number of carboxylic acids is 1. The molecule has 0 radical (unpaired) electrons. The summed E-state index contributed by atoms with van der Waals surface area (Å²) in [5.41, 5.74) is -1.19. The van der Waals surface area contributed by atoms with Gasteiger partial charge < -0.3 is 25.0 Å². The van der Waals surface area contributed by atoms with Crippen LogP contribution in [0.25, 0.3) is 10.9 Å². The summed E-state index contributed by atoms with van der Waals surface area (Å²) in [7, 11) is 0. The lowest BCUT2D eigenvalue weighted by atomic mass is 10.1. The summed E-state index contributed by atoms with van der Waals surface area (Å²) in [5.74, 6) is -2.04. The van der Waals surface area contributed by atoms with Crippen molar-refractivity contribution in [1.29, 1.82) is 0 Å². The van der Waals surface area contributed by atoms with Crippen LogP contribution >= 0.6 is 0 Å². The lowest BCUT2D eigenvalue weighted by Gasteiger charge is -2.19. The van der Waals surface area contributed by atoms with E-state index in [9.17, 15) is 18.8 Å². The van der Waals surface area contributed by atoms with E-state index in [1.54, 1.807) is 32.3 Å². The van der Waals surface area contributed by atoms with Crippen LogP contribution < -0.4 is 16.1 Å². The number of carbonyl (C=O) groups is 2. The van der Waals surface area contributed by atoms with Gasteiger partial charge in [-0.3, -0.25) is 4.79 Å². The summed E-state index contributed by atoms with van der Waals surface area (Å²) in [6.07, 6.45) is 0.674. The number of pyridine rings is 1. The Labute approximate surface area is 161 Å². The number of anilines is 1. The highest BCUT2D eigenvalue weighted by Gasteiger charge is 2.17. The normalized spacial score (nSPS) is 11.3. The van der Waals surface area contributed by atoms with Gasteiger partial charge in [-0.25, -0.2) is 14.0 Å². The first kappa shape index (κ1) is 21.2. The molecule has 28 heavy (non-hydrogen) atoms. The lowest BCUT2D eigenvalue weighted by molar-refractivity contribution is 0.0529. The number of benzene rings is 1. The van der Waals surface area contributed by atoms with Crippen LogP contribution in [0, 0.1) is 5.82 Å². The van der Waals surface area contributed by atoms with Gasteiger partial charge >= 0.3 is 12.1 Å². The molecular weight excluding hydrogens is 369 g/mol. The maximum atomic E-state index is 14.4. The van der Waals surface area contributed by atoms with Crippen LogP contribution in [-0.2, 0) is 11.3 Å². The van der Waals surface area contributed by atoms with Gasteiger partial charge in [0.25, 0.3) is 0 Å². The van der Waals surface area contributed by atoms with Gasteiger partial charge in [0.1, 0.15) is 17.0 Å². The van der Waals surface area contributed by atoms with Crippen molar-refractivity contribution in [2.75, 3.05) is 18.4 Å². The number of rotatable bonds is 6. The quantitative estimate of drug-likeness (QED) is 0.651. The molecule has 1 aromatic carbocycles. The Bertz CT molecular complexity index is 963. The molecule has 0 fully saturated rings. The minimum absolute atomic E-state index is 0.00307. The van der Waals surface area contributed by atoms with E-state index in [1.165, 1.54) is 12.3 Å². The third kappa shape index (κ3) is 4.99. The molecule has 0 aliphatic carbocycles. The summed E-state index contributed by atoms with van der Waals surface area (Å²) in [6.45, 7) is 7.87. The van der Waals surface area contributed by atoms with E-state index in [-0.39, 0.29) is 24.2 Å². The average Bonchev–Trinajstić information content (AvgIpc) is 2.58. The summed E-state index contributed by atoms with van der Waals surface area (Å²) < 4.78 is 21.1. The van der Waals surface area contributed by atoms with Crippen LogP contribution in [0.3, 0.4) is 0 Å². The molecule has 1 aromatic heterocycles. The number of amides is 1. The van der Waals surface area contributed by atoms with Gasteiger partial charge in [-0.05, 0) is 39.8 Å². The van der Waals surface area contributed by atoms with Gasteiger partial charge in [0.2, 0.25) is 5.43 Å². The molecule has 2 aromatic rings. The van der Waals surface area contributed by atoms with Crippen molar-refractivity contribution in [2.45, 2.75) is 39.8 Å². The number of ether oxygens (including phenoxy) is 1. The van der Waals surface area contributed by atoms with E-state index in [4.69, 9.17) is 9.84 Å². The Hall–Kier alpha value is -3.10. The van der Waals surface area contributed by atoms with Crippen LogP contribution in [0.4, 0.5) is 14.9 Å². The van der Waals surface area contributed by atoms with Crippen molar-refractivity contribution in [3.63, 3.8) is 0 Å². The average molecular weight is 393 g/mol. The SMILES string of the molecule is CCn1cc(C(=O)O)c(=O)c2cc(F)c(NCCNC(=O)OC(C)(C)C)cc21. The number of alkyl carbamates (subject to hydrolysis) is 1. The fraction of sp³-hybridized carbons (Fsp3) is 0.421. The molecule has 9 heteroatoms. The number of carboxylic acid groups (broad SMARTS) is 1. The van der Waals surface area contributed by atoms with Crippen molar-refractivity contribution in [2.24, 2.45) is 0 Å². The summed E-state index contributed by atoms with van der Waals surface area (Å²) in [6, 6.07) is 2.48. The first-order chi connectivity index (χ1) is 13.0. The van der Waals surface area contributed by atoms with E-state index < -0.39 is 34.5 Å². The molecule has 0 saturated heterocycles. The van der Waals surface area contributed by atoms with Gasteiger partial charge in [0, 0.05) is 31.2 Å². The fourth-order valence-corrected chi connectivity index (χ4v) is 2.64. The molecule has 2 rings (SSSR count). The summed E-state index contributed by atoms with van der Waals surface area (Å²) in [5, 5.41) is 14.6. The molecule has 0 atom stereocenters.